The van der Waals surface area contributed by atoms with Crippen molar-refractivity contribution in [3.8, 4) is 0 Å². The van der Waals surface area contributed by atoms with Gasteiger partial charge in [0.05, 0.1) is 0 Å². The Labute approximate surface area is 109 Å². The van der Waals surface area contributed by atoms with E-state index in [9.17, 15) is 0 Å². The van der Waals surface area contributed by atoms with Crippen molar-refractivity contribution in [1.29, 1.82) is 0 Å². The largest absolute Gasteiger partial charge is 0.306 e. The van der Waals surface area contributed by atoms with E-state index < -0.39 is 0 Å². The standard InChI is InChI=1S/C15H23NS/c1-3-5-10-15(4-2)12-17-14-9-7-6-8-13(14)11-16-15/h6-9,16H,3-5,10-12H2,1-2H3. The van der Waals surface area contributed by atoms with Crippen LogP contribution >= 0.6 is 11.8 Å². The van der Waals surface area contributed by atoms with Gasteiger partial charge in [0.2, 0.25) is 0 Å². The number of rotatable bonds is 4. The normalized spacial score (nSPS) is 24.1. The third-order valence-corrected chi connectivity index (χ3v) is 5.22. The highest BCUT2D eigenvalue weighted by molar-refractivity contribution is 7.99. The van der Waals surface area contributed by atoms with Crippen molar-refractivity contribution in [3.05, 3.63) is 29.8 Å². The van der Waals surface area contributed by atoms with Crippen molar-refractivity contribution in [1.82, 2.24) is 5.32 Å². The van der Waals surface area contributed by atoms with Crippen LogP contribution in [0.3, 0.4) is 0 Å². The Morgan fingerprint density at radius 2 is 2.12 bits per heavy atom. The summed E-state index contributed by atoms with van der Waals surface area (Å²) in [6, 6.07) is 8.80. The molecule has 0 saturated carbocycles. The molecule has 1 aromatic rings. The Bertz CT molecular complexity index is 335. The van der Waals surface area contributed by atoms with Crippen LogP contribution in [0.1, 0.15) is 45.1 Å². The molecule has 0 bridgehead atoms. The molecule has 1 aliphatic heterocycles. The number of hydrogen-bond donors (Lipinski definition) is 1. The fourth-order valence-corrected chi connectivity index (χ4v) is 3.80. The Morgan fingerprint density at radius 1 is 1.29 bits per heavy atom. The third kappa shape index (κ3) is 3.05. The van der Waals surface area contributed by atoms with Crippen LogP contribution in [0.5, 0.6) is 0 Å². The smallest absolute Gasteiger partial charge is 0.0275 e. The highest BCUT2D eigenvalue weighted by Crippen LogP contribution is 2.33. The van der Waals surface area contributed by atoms with E-state index in [1.54, 1.807) is 0 Å². The zero-order chi connectivity index (χ0) is 12.1. The molecule has 1 nitrogen and oxygen atoms in total. The van der Waals surface area contributed by atoms with E-state index in [1.165, 1.54) is 41.9 Å². The Morgan fingerprint density at radius 3 is 2.88 bits per heavy atom. The van der Waals surface area contributed by atoms with Gasteiger partial charge >= 0.3 is 0 Å². The van der Waals surface area contributed by atoms with Gasteiger partial charge in [-0.05, 0) is 24.5 Å². The maximum Gasteiger partial charge on any atom is 0.0275 e. The lowest BCUT2D eigenvalue weighted by Crippen LogP contribution is -2.45. The molecule has 1 heterocycles. The van der Waals surface area contributed by atoms with E-state index in [0.29, 0.717) is 5.54 Å². The number of unbranched alkanes of at least 4 members (excludes halogenated alkanes) is 1. The van der Waals surface area contributed by atoms with Crippen LogP contribution in [0, 0.1) is 0 Å². The summed E-state index contributed by atoms with van der Waals surface area (Å²) in [5.41, 5.74) is 1.81. The van der Waals surface area contributed by atoms with Crippen molar-refractivity contribution in [3.63, 3.8) is 0 Å². The second kappa shape index (κ2) is 5.92. The minimum Gasteiger partial charge on any atom is -0.306 e. The molecule has 0 aliphatic carbocycles. The van der Waals surface area contributed by atoms with Crippen LogP contribution in [0.25, 0.3) is 0 Å². The maximum absolute atomic E-state index is 3.81. The second-order valence-electron chi connectivity index (χ2n) is 4.99. The van der Waals surface area contributed by atoms with E-state index in [0.717, 1.165) is 6.54 Å². The summed E-state index contributed by atoms with van der Waals surface area (Å²) < 4.78 is 0. The molecule has 2 heteroatoms. The van der Waals surface area contributed by atoms with Gasteiger partial charge in [-0.2, -0.15) is 0 Å². The first-order chi connectivity index (χ1) is 8.29. The van der Waals surface area contributed by atoms with E-state index in [4.69, 9.17) is 0 Å². The van der Waals surface area contributed by atoms with Gasteiger partial charge in [-0.25, -0.2) is 0 Å². The zero-order valence-electron chi connectivity index (χ0n) is 11.0. The van der Waals surface area contributed by atoms with Crippen LogP contribution in [0.15, 0.2) is 29.2 Å². The summed E-state index contributed by atoms with van der Waals surface area (Å²) in [7, 11) is 0. The molecule has 0 aromatic heterocycles. The summed E-state index contributed by atoms with van der Waals surface area (Å²) in [5.74, 6) is 1.21. The molecule has 94 valence electrons. The van der Waals surface area contributed by atoms with Gasteiger partial charge in [0.15, 0.2) is 0 Å². The van der Waals surface area contributed by atoms with E-state index in [-0.39, 0.29) is 0 Å². The fraction of sp³-hybridized carbons (Fsp3) is 0.600. The number of thioether (sulfide) groups is 1. The average Bonchev–Trinajstić information content (AvgIpc) is 2.57. The molecular formula is C15H23NS. The van der Waals surface area contributed by atoms with Crippen LogP contribution in [-0.4, -0.2) is 11.3 Å². The van der Waals surface area contributed by atoms with Gasteiger partial charge in [0.1, 0.15) is 0 Å². The third-order valence-electron chi connectivity index (χ3n) is 3.82. The first-order valence-corrected chi connectivity index (χ1v) is 7.74. The average molecular weight is 249 g/mol. The van der Waals surface area contributed by atoms with Crippen molar-refractivity contribution in [2.45, 2.75) is 56.5 Å². The number of nitrogens with one attached hydrogen (secondary N) is 1. The predicted octanol–water partition coefficient (Wildman–Crippen LogP) is 4.22. The quantitative estimate of drug-likeness (QED) is 0.857. The summed E-state index contributed by atoms with van der Waals surface area (Å²) in [4.78, 5) is 1.46. The molecule has 17 heavy (non-hydrogen) atoms. The summed E-state index contributed by atoms with van der Waals surface area (Å²) in [6.45, 7) is 5.63. The topological polar surface area (TPSA) is 12.0 Å². The van der Waals surface area contributed by atoms with Gasteiger partial charge < -0.3 is 5.32 Å². The summed E-state index contributed by atoms with van der Waals surface area (Å²) in [6.07, 6.45) is 5.16. The SMILES string of the molecule is CCCCC1(CC)CSc2ccccc2CN1. The first kappa shape index (κ1) is 13.0. The molecule has 0 saturated heterocycles. The molecule has 1 aromatic carbocycles. The van der Waals surface area contributed by atoms with E-state index in [1.807, 2.05) is 11.8 Å². The van der Waals surface area contributed by atoms with Gasteiger partial charge in [0.25, 0.3) is 0 Å². The maximum atomic E-state index is 3.81. The monoisotopic (exact) mass is 249 g/mol. The Hall–Kier alpha value is -0.470. The molecule has 0 spiro atoms. The molecule has 0 radical (unpaired) electrons. The number of fused-ring (bicyclic) bond motifs is 1. The van der Waals surface area contributed by atoms with Gasteiger partial charge in [-0.15, -0.1) is 11.8 Å². The fourth-order valence-electron chi connectivity index (χ4n) is 2.42. The number of hydrogen-bond acceptors (Lipinski definition) is 2. The number of benzene rings is 1. The lowest BCUT2D eigenvalue weighted by atomic mass is 9.91. The van der Waals surface area contributed by atoms with Crippen molar-refractivity contribution >= 4 is 11.8 Å². The Balaban J connectivity index is 2.10. The summed E-state index contributed by atoms with van der Waals surface area (Å²) in [5, 5.41) is 3.81. The molecule has 1 aliphatic rings. The molecule has 1 atom stereocenters. The lowest BCUT2D eigenvalue weighted by molar-refractivity contribution is 0.317. The minimum absolute atomic E-state index is 0.347. The molecular weight excluding hydrogens is 226 g/mol. The van der Waals surface area contributed by atoms with Gasteiger partial charge in [0, 0.05) is 22.7 Å². The molecule has 0 amide bonds. The predicted molar refractivity (Wildman–Crippen MR) is 76.6 cm³/mol. The van der Waals surface area contributed by atoms with Crippen molar-refractivity contribution in [2.24, 2.45) is 0 Å². The highest BCUT2D eigenvalue weighted by atomic mass is 32.2. The van der Waals surface area contributed by atoms with Crippen LogP contribution in [0.4, 0.5) is 0 Å². The highest BCUT2D eigenvalue weighted by Gasteiger charge is 2.29. The van der Waals surface area contributed by atoms with Gasteiger partial charge in [-0.3, -0.25) is 0 Å². The first-order valence-electron chi connectivity index (χ1n) is 6.75. The van der Waals surface area contributed by atoms with E-state index in [2.05, 4.69) is 43.4 Å². The second-order valence-corrected chi connectivity index (χ2v) is 6.00. The van der Waals surface area contributed by atoms with Crippen LogP contribution in [-0.2, 0) is 6.54 Å². The van der Waals surface area contributed by atoms with Crippen molar-refractivity contribution < 1.29 is 0 Å². The lowest BCUT2D eigenvalue weighted by Gasteiger charge is -2.32. The molecule has 1 N–H and O–H groups in total. The minimum atomic E-state index is 0.347. The molecule has 2 rings (SSSR count). The zero-order valence-corrected chi connectivity index (χ0v) is 11.8. The van der Waals surface area contributed by atoms with E-state index >= 15 is 0 Å². The van der Waals surface area contributed by atoms with Gasteiger partial charge in [-0.1, -0.05) is 44.9 Å². The summed E-state index contributed by atoms with van der Waals surface area (Å²) >= 11 is 2.03. The van der Waals surface area contributed by atoms with Crippen LogP contribution in [0.2, 0.25) is 0 Å². The van der Waals surface area contributed by atoms with Crippen molar-refractivity contribution in [2.75, 3.05) is 5.75 Å². The van der Waals surface area contributed by atoms with Crippen LogP contribution < -0.4 is 5.32 Å². The molecule has 0 fully saturated rings. The molecule has 1 unspecified atom stereocenters. The Kier molecular flexibility index (Phi) is 4.52.